The van der Waals surface area contributed by atoms with Gasteiger partial charge in [-0.15, -0.1) is 0 Å². The minimum absolute atomic E-state index is 0.608. The molecule has 2 rings (SSSR count). The summed E-state index contributed by atoms with van der Waals surface area (Å²) >= 11 is 2.07. The molecule has 0 aliphatic carbocycles. The van der Waals surface area contributed by atoms with Gasteiger partial charge in [0.1, 0.15) is 5.75 Å². The van der Waals surface area contributed by atoms with E-state index in [9.17, 15) is 0 Å². The average molecular weight is 251 g/mol. The normalized spacial score (nSPS) is 21.8. The summed E-state index contributed by atoms with van der Waals surface area (Å²) < 4.78 is 5.20. The Bertz CT molecular complexity index is 350. The molecular weight excluding hydrogens is 230 g/mol. The maximum absolute atomic E-state index is 5.20. The monoisotopic (exact) mass is 251 g/mol. The van der Waals surface area contributed by atoms with Gasteiger partial charge in [0.25, 0.3) is 0 Å². The molecular formula is C14H21NOS. The largest absolute Gasteiger partial charge is 0.497 e. The van der Waals surface area contributed by atoms with Gasteiger partial charge in [-0.2, -0.15) is 11.8 Å². The number of nitrogens with zero attached hydrogens (tertiary/aromatic N) is 1. The minimum Gasteiger partial charge on any atom is -0.497 e. The molecule has 0 saturated carbocycles. The zero-order valence-corrected chi connectivity index (χ0v) is 11.7. The summed E-state index contributed by atoms with van der Waals surface area (Å²) in [5.74, 6) is 2.17. The minimum atomic E-state index is 0.608. The second-order valence-corrected chi connectivity index (χ2v) is 6.03. The van der Waals surface area contributed by atoms with E-state index in [0.717, 1.165) is 12.3 Å². The SMILES string of the molecule is COc1ccc(C2CN(C(C)C)CCS2)cc1. The van der Waals surface area contributed by atoms with Crippen molar-refractivity contribution in [2.45, 2.75) is 25.1 Å². The highest BCUT2D eigenvalue weighted by Crippen LogP contribution is 2.34. The Labute approximate surface area is 108 Å². The number of hydrogen-bond donors (Lipinski definition) is 0. The fourth-order valence-electron chi connectivity index (χ4n) is 2.16. The van der Waals surface area contributed by atoms with Gasteiger partial charge < -0.3 is 4.74 Å². The van der Waals surface area contributed by atoms with Crippen LogP contribution in [-0.4, -0.2) is 36.9 Å². The molecule has 1 unspecified atom stereocenters. The molecule has 94 valence electrons. The van der Waals surface area contributed by atoms with E-state index >= 15 is 0 Å². The van der Waals surface area contributed by atoms with Gasteiger partial charge >= 0.3 is 0 Å². The van der Waals surface area contributed by atoms with E-state index in [1.54, 1.807) is 7.11 Å². The van der Waals surface area contributed by atoms with Crippen molar-refractivity contribution >= 4 is 11.8 Å². The Morgan fingerprint density at radius 3 is 2.59 bits per heavy atom. The topological polar surface area (TPSA) is 12.5 Å². The first kappa shape index (κ1) is 12.8. The molecule has 0 bridgehead atoms. The molecule has 1 aromatic rings. The van der Waals surface area contributed by atoms with Gasteiger partial charge in [0.15, 0.2) is 0 Å². The van der Waals surface area contributed by atoms with Crippen LogP contribution in [0.2, 0.25) is 0 Å². The second-order valence-electron chi connectivity index (χ2n) is 4.72. The molecule has 1 saturated heterocycles. The Balaban J connectivity index is 2.05. The van der Waals surface area contributed by atoms with Crippen LogP contribution in [-0.2, 0) is 0 Å². The maximum atomic E-state index is 5.20. The summed E-state index contributed by atoms with van der Waals surface area (Å²) in [6.07, 6.45) is 0. The van der Waals surface area contributed by atoms with E-state index in [1.165, 1.54) is 17.9 Å². The van der Waals surface area contributed by atoms with Crippen LogP contribution in [0.5, 0.6) is 5.75 Å². The summed E-state index contributed by atoms with van der Waals surface area (Å²) in [6.45, 7) is 6.94. The fourth-order valence-corrected chi connectivity index (χ4v) is 3.43. The van der Waals surface area contributed by atoms with Crippen LogP contribution < -0.4 is 4.74 Å². The van der Waals surface area contributed by atoms with Crippen molar-refractivity contribution in [3.63, 3.8) is 0 Å². The highest BCUT2D eigenvalue weighted by molar-refractivity contribution is 7.99. The lowest BCUT2D eigenvalue weighted by molar-refractivity contribution is 0.230. The van der Waals surface area contributed by atoms with Crippen LogP contribution in [0.3, 0.4) is 0 Å². The first-order chi connectivity index (χ1) is 8.20. The van der Waals surface area contributed by atoms with E-state index in [-0.39, 0.29) is 0 Å². The van der Waals surface area contributed by atoms with Crippen molar-refractivity contribution in [3.05, 3.63) is 29.8 Å². The molecule has 0 amide bonds. The molecule has 0 radical (unpaired) electrons. The van der Waals surface area contributed by atoms with Crippen LogP contribution in [0.1, 0.15) is 24.7 Å². The zero-order chi connectivity index (χ0) is 12.3. The summed E-state index contributed by atoms with van der Waals surface area (Å²) in [4.78, 5) is 2.56. The van der Waals surface area contributed by atoms with E-state index in [1.807, 2.05) is 0 Å². The molecule has 0 N–H and O–H groups in total. The molecule has 1 fully saturated rings. The molecule has 1 atom stereocenters. The van der Waals surface area contributed by atoms with E-state index in [0.29, 0.717) is 11.3 Å². The first-order valence-corrected chi connectivity index (χ1v) is 7.25. The highest BCUT2D eigenvalue weighted by atomic mass is 32.2. The summed E-state index contributed by atoms with van der Waals surface area (Å²) in [5, 5.41) is 0.608. The van der Waals surface area contributed by atoms with Gasteiger partial charge in [-0.3, -0.25) is 4.90 Å². The third-order valence-corrected chi connectivity index (χ3v) is 4.56. The quantitative estimate of drug-likeness (QED) is 0.818. The van der Waals surface area contributed by atoms with Crippen molar-refractivity contribution in [2.75, 3.05) is 26.0 Å². The first-order valence-electron chi connectivity index (χ1n) is 6.20. The Morgan fingerprint density at radius 2 is 2.00 bits per heavy atom. The van der Waals surface area contributed by atoms with Crippen molar-refractivity contribution in [3.8, 4) is 5.75 Å². The van der Waals surface area contributed by atoms with Crippen LogP contribution in [0, 0.1) is 0 Å². The lowest BCUT2D eigenvalue weighted by atomic mass is 10.1. The molecule has 1 heterocycles. The number of benzene rings is 1. The van der Waals surface area contributed by atoms with Gasteiger partial charge in [-0.05, 0) is 31.5 Å². The number of ether oxygens (including phenoxy) is 1. The van der Waals surface area contributed by atoms with Crippen LogP contribution in [0.25, 0.3) is 0 Å². The summed E-state index contributed by atoms with van der Waals surface area (Å²) in [7, 11) is 1.71. The number of thioether (sulfide) groups is 1. The third kappa shape index (κ3) is 3.17. The average Bonchev–Trinajstić information content (AvgIpc) is 2.39. The number of hydrogen-bond acceptors (Lipinski definition) is 3. The number of rotatable bonds is 3. The smallest absolute Gasteiger partial charge is 0.118 e. The molecule has 1 aromatic carbocycles. The molecule has 1 aliphatic heterocycles. The highest BCUT2D eigenvalue weighted by Gasteiger charge is 2.23. The fraction of sp³-hybridized carbons (Fsp3) is 0.571. The van der Waals surface area contributed by atoms with E-state index in [4.69, 9.17) is 4.74 Å². The van der Waals surface area contributed by atoms with E-state index in [2.05, 4.69) is 54.8 Å². The molecule has 0 spiro atoms. The van der Waals surface area contributed by atoms with Crippen molar-refractivity contribution in [2.24, 2.45) is 0 Å². The van der Waals surface area contributed by atoms with Crippen molar-refractivity contribution < 1.29 is 4.74 Å². The lowest BCUT2D eigenvalue weighted by Crippen LogP contribution is -2.39. The van der Waals surface area contributed by atoms with Gasteiger partial charge in [0.05, 0.1) is 7.11 Å². The second kappa shape index (κ2) is 5.78. The predicted octanol–water partition coefficient (Wildman–Crippen LogP) is 3.19. The standard InChI is InChI=1S/C14H21NOS/c1-11(2)15-8-9-17-14(10-15)12-4-6-13(16-3)7-5-12/h4-7,11,14H,8-10H2,1-3H3. The summed E-state index contributed by atoms with van der Waals surface area (Å²) in [5.41, 5.74) is 1.42. The van der Waals surface area contributed by atoms with Gasteiger partial charge in [0, 0.05) is 30.1 Å². The predicted molar refractivity (Wildman–Crippen MR) is 74.9 cm³/mol. The molecule has 3 heteroatoms. The molecule has 0 aromatic heterocycles. The van der Waals surface area contributed by atoms with Gasteiger partial charge in [-0.1, -0.05) is 12.1 Å². The Hall–Kier alpha value is -0.670. The van der Waals surface area contributed by atoms with E-state index < -0.39 is 0 Å². The third-order valence-electron chi connectivity index (χ3n) is 3.32. The van der Waals surface area contributed by atoms with Crippen LogP contribution >= 0.6 is 11.8 Å². The number of methoxy groups -OCH3 is 1. The van der Waals surface area contributed by atoms with Crippen molar-refractivity contribution in [1.82, 2.24) is 4.90 Å². The van der Waals surface area contributed by atoms with Crippen LogP contribution in [0.4, 0.5) is 0 Å². The maximum Gasteiger partial charge on any atom is 0.118 e. The Morgan fingerprint density at radius 1 is 1.29 bits per heavy atom. The lowest BCUT2D eigenvalue weighted by Gasteiger charge is -2.35. The molecule has 2 nitrogen and oxygen atoms in total. The molecule has 17 heavy (non-hydrogen) atoms. The van der Waals surface area contributed by atoms with Gasteiger partial charge in [0.2, 0.25) is 0 Å². The molecule has 1 aliphatic rings. The zero-order valence-electron chi connectivity index (χ0n) is 10.8. The van der Waals surface area contributed by atoms with Crippen molar-refractivity contribution in [1.29, 1.82) is 0 Å². The summed E-state index contributed by atoms with van der Waals surface area (Å²) in [6, 6.07) is 9.16. The van der Waals surface area contributed by atoms with Gasteiger partial charge in [-0.25, -0.2) is 0 Å². The Kier molecular flexibility index (Phi) is 4.35. The van der Waals surface area contributed by atoms with Crippen LogP contribution in [0.15, 0.2) is 24.3 Å².